The van der Waals surface area contributed by atoms with Crippen LogP contribution >= 0.6 is 11.6 Å². The lowest BCUT2D eigenvalue weighted by Crippen LogP contribution is -2.52. The van der Waals surface area contributed by atoms with E-state index in [-0.39, 0.29) is 6.03 Å². The normalized spacial score (nSPS) is 17.6. The Bertz CT molecular complexity index is 476. The highest BCUT2D eigenvalue weighted by Gasteiger charge is 2.23. The van der Waals surface area contributed by atoms with Gasteiger partial charge in [-0.05, 0) is 13.0 Å². The Hall–Kier alpha value is -1.30. The van der Waals surface area contributed by atoms with Crippen LogP contribution in [-0.2, 0) is 0 Å². The minimum Gasteiger partial charge on any atom is -0.387 e. The maximum absolute atomic E-state index is 11.7. The molecular formula is C15H22ClN3O2. The number of aliphatic hydroxyl groups is 1. The summed E-state index contributed by atoms with van der Waals surface area (Å²) >= 11 is 6.10. The lowest BCUT2D eigenvalue weighted by molar-refractivity contribution is 0.0811. The molecular weight excluding hydrogens is 290 g/mol. The summed E-state index contributed by atoms with van der Waals surface area (Å²) in [6.45, 7) is 5.98. The van der Waals surface area contributed by atoms with Gasteiger partial charge in [-0.3, -0.25) is 4.90 Å². The van der Waals surface area contributed by atoms with Crippen molar-refractivity contribution in [3.8, 4) is 0 Å². The standard InChI is InChI=1S/C15H22ClN3O2/c1-2-17-15(21)19-9-7-18(8-10-19)11-14(20)12-5-3-4-6-13(12)16/h3-6,14,20H,2,7-11H2,1H3,(H,17,21). The second kappa shape index (κ2) is 7.64. The van der Waals surface area contributed by atoms with E-state index in [1.54, 1.807) is 6.07 Å². The van der Waals surface area contributed by atoms with Crippen molar-refractivity contribution in [3.63, 3.8) is 0 Å². The van der Waals surface area contributed by atoms with Gasteiger partial charge in [0.2, 0.25) is 0 Å². The van der Waals surface area contributed by atoms with Crippen LogP contribution in [0.5, 0.6) is 0 Å². The van der Waals surface area contributed by atoms with Crippen molar-refractivity contribution in [3.05, 3.63) is 34.9 Å². The molecule has 0 spiro atoms. The van der Waals surface area contributed by atoms with Crippen molar-refractivity contribution in [1.82, 2.24) is 15.1 Å². The molecule has 2 rings (SSSR count). The lowest BCUT2D eigenvalue weighted by Gasteiger charge is -2.35. The van der Waals surface area contributed by atoms with Crippen molar-refractivity contribution in [2.75, 3.05) is 39.3 Å². The lowest BCUT2D eigenvalue weighted by atomic mass is 10.1. The van der Waals surface area contributed by atoms with Crippen LogP contribution in [0.15, 0.2) is 24.3 Å². The number of piperazine rings is 1. The fraction of sp³-hybridized carbons (Fsp3) is 0.533. The van der Waals surface area contributed by atoms with Gasteiger partial charge in [-0.15, -0.1) is 0 Å². The van der Waals surface area contributed by atoms with Gasteiger partial charge < -0.3 is 15.3 Å². The average molecular weight is 312 g/mol. The molecule has 6 heteroatoms. The summed E-state index contributed by atoms with van der Waals surface area (Å²) in [5.74, 6) is 0. The Morgan fingerprint density at radius 3 is 2.62 bits per heavy atom. The van der Waals surface area contributed by atoms with Crippen LogP contribution < -0.4 is 5.32 Å². The molecule has 1 saturated heterocycles. The summed E-state index contributed by atoms with van der Waals surface area (Å²) in [7, 11) is 0. The van der Waals surface area contributed by atoms with Crippen LogP contribution in [0.1, 0.15) is 18.6 Å². The van der Waals surface area contributed by atoms with Gasteiger partial charge >= 0.3 is 6.03 Å². The predicted molar refractivity (Wildman–Crippen MR) is 83.5 cm³/mol. The summed E-state index contributed by atoms with van der Waals surface area (Å²) in [5.41, 5.74) is 0.755. The monoisotopic (exact) mass is 311 g/mol. The molecule has 1 unspecified atom stereocenters. The topological polar surface area (TPSA) is 55.8 Å². The highest BCUT2D eigenvalue weighted by Crippen LogP contribution is 2.23. The number of carbonyl (C=O) groups excluding carboxylic acids is 1. The van der Waals surface area contributed by atoms with E-state index in [2.05, 4.69) is 10.2 Å². The van der Waals surface area contributed by atoms with E-state index in [0.717, 1.165) is 18.7 Å². The number of urea groups is 1. The first-order valence-electron chi connectivity index (χ1n) is 7.29. The van der Waals surface area contributed by atoms with Gasteiger partial charge in [0.05, 0.1) is 6.10 Å². The SMILES string of the molecule is CCNC(=O)N1CCN(CC(O)c2ccccc2Cl)CC1. The zero-order valence-corrected chi connectivity index (χ0v) is 13.0. The number of amides is 2. The van der Waals surface area contributed by atoms with Gasteiger partial charge in [-0.25, -0.2) is 4.79 Å². The Morgan fingerprint density at radius 2 is 2.00 bits per heavy atom. The molecule has 0 bridgehead atoms. The molecule has 1 aromatic rings. The van der Waals surface area contributed by atoms with Crippen LogP contribution in [0.3, 0.4) is 0 Å². The molecule has 0 radical (unpaired) electrons. The number of hydrogen-bond donors (Lipinski definition) is 2. The van der Waals surface area contributed by atoms with Crippen molar-refractivity contribution in [1.29, 1.82) is 0 Å². The molecule has 1 atom stereocenters. The molecule has 1 aliphatic rings. The van der Waals surface area contributed by atoms with E-state index >= 15 is 0 Å². The average Bonchev–Trinajstić information content (AvgIpc) is 2.48. The molecule has 0 aliphatic carbocycles. The quantitative estimate of drug-likeness (QED) is 0.890. The maximum atomic E-state index is 11.7. The predicted octanol–water partition coefficient (Wildman–Crippen LogP) is 1.72. The van der Waals surface area contributed by atoms with E-state index in [4.69, 9.17) is 11.6 Å². The molecule has 0 saturated carbocycles. The first-order chi connectivity index (χ1) is 10.1. The molecule has 1 heterocycles. The molecule has 1 fully saturated rings. The number of nitrogens with one attached hydrogen (secondary N) is 1. The highest BCUT2D eigenvalue weighted by atomic mass is 35.5. The van der Waals surface area contributed by atoms with Crippen LogP contribution in [-0.4, -0.2) is 60.2 Å². The van der Waals surface area contributed by atoms with Gasteiger partial charge in [-0.2, -0.15) is 0 Å². The second-order valence-corrected chi connectivity index (χ2v) is 5.57. The van der Waals surface area contributed by atoms with Gasteiger partial charge in [0.15, 0.2) is 0 Å². The van der Waals surface area contributed by atoms with Gasteiger partial charge in [0.25, 0.3) is 0 Å². The van der Waals surface area contributed by atoms with Crippen molar-refractivity contribution in [2.24, 2.45) is 0 Å². The summed E-state index contributed by atoms with van der Waals surface area (Å²) < 4.78 is 0. The zero-order chi connectivity index (χ0) is 15.2. The van der Waals surface area contributed by atoms with Crippen LogP contribution in [0.2, 0.25) is 5.02 Å². The van der Waals surface area contributed by atoms with E-state index in [0.29, 0.717) is 31.2 Å². The van der Waals surface area contributed by atoms with E-state index < -0.39 is 6.10 Å². The molecule has 2 amide bonds. The fourth-order valence-corrected chi connectivity index (χ4v) is 2.75. The highest BCUT2D eigenvalue weighted by molar-refractivity contribution is 6.31. The van der Waals surface area contributed by atoms with E-state index in [9.17, 15) is 9.90 Å². The summed E-state index contributed by atoms with van der Waals surface area (Å²) in [6, 6.07) is 7.34. The third-order valence-corrected chi connectivity index (χ3v) is 4.03. The third kappa shape index (κ3) is 4.33. The van der Waals surface area contributed by atoms with Crippen molar-refractivity contribution < 1.29 is 9.90 Å². The number of nitrogens with zero attached hydrogens (tertiary/aromatic N) is 2. The summed E-state index contributed by atoms with van der Waals surface area (Å²) in [4.78, 5) is 15.7. The first-order valence-corrected chi connectivity index (χ1v) is 7.67. The minimum atomic E-state index is -0.602. The summed E-state index contributed by atoms with van der Waals surface area (Å²) in [6.07, 6.45) is -0.602. The number of hydrogen-bond acceptors (Lipinski definition) is 3. The number of benzene rings is 1. The number of β-amino-alcohol motifs (C(OH)–C–C–N with tert-alkyl or cyclic N) is 1. The molecule has 5 nitrogen and oxygen atoms in total. The Balaban J connectivity index is 1.83. The largest absolute Gasteiger partial charge is 0.387 e. The number of halogens is 1. The van der Waals surface area contributed by atoms with Gasteiger partial charge in [0.1, 0.15) is 0 Å². The van der Waals surface area contributed by atoms with Crippen molar-refractivity contribution in [2.45, 2.75) is 13.0 Å². The van der Waals surface area contributed by atoms with E-state index in [1.165, 1.54) is 0 Å². The van der Waals surface area contributed by atoms with E-state index in [1.807, 2.05) is 30.0 Å². The van der Waals surface area contributed by atoms with Gasteiger partial charge in [0, 0.05) is 49.9 Å². The van der Waals surface area contributed by atoms with Crippen molar-refractivity contribution >= 4 is 17.6 Å². The van der Waals surface area contributed by atoms with Gasteiger partial charge in [-0.1, -0.05) is 29.8 Å². The molecule has 1 aliphatic heterocycles. The minimum absolute atomic E-state index is 0.0104. The molecule has 1 aromatic carbocycles. The van der Waals surface area contributed by atoms with Crippen LogP contribution in [0.25, 0.3) is 0 Å². The smallest absolute Gasteiger partial charge is 0.317 e. The Morgan fingerprint density at radius 1 is 1.33 bits per heavy atom. The van der Waals surface area contributed by atoms with Crippen LogP contribution in [0.4, 0.5) is 4.79 Å². The third-order valence-electron chi connectivity index (χ3n) is 3.68. The first kappa shape index (κ1) is 16.1. The molecule has 2 N–H and O–H groups in total. The summed E-state index contributed by atoms with van der Waals surface area (Å²) in [5, 5.41) is 13.7. The number of aliphatic hydroxyl groups excluding tert-OH is 1. The maximum Gasteiger partial charge on any atom is 0.317 e. The molecule has 0 aromatic heterocycles. The number of rotatable bonds is 4. The fourth-order valence-electron chi connectivity index (χ4n) is 2.48. The molecule has 116 valence electrons. The Labute approximate surface area is 130 Å². The second-order valence-electron chi connectivity index (χ2n) is 5.16. The zero-order valence-electron chi connectivity index (χ0n) is 12.3. The number of carbonyl (C=O) groups is 1. The Kier molecular flexibility index (Phi) is 5.85. The van der Waals surface area contributed by atoms with Crippen LogP contribution in [0, 0.1) is 0 Å². The molecule has 21 heavy (non-hydrogen) atoms.